The summed E-state index contributed by atoms with van der Waals surface area (Å²) in [7, 11) is -3.64. The second-order valence-corrected chi connectivity index (χ2v) is 12.7. The Hall–Kier alpha value is -1.78. The maximum atomic E-state index is 13.6. The Kier molecular flexibility index (Phi) is 9.28. The maximum absolute atomic E-state index is 13.6. The van der Waals surface area contributed by atoms with Gasteiger partial charge in [0.25, 0.3) is 10.0 Å². The molecule has 34 heavy (non-hydrogen) atoms. The smallest absolute Gasteiger partial charge is 0.341 e. The van der Waals surface area contributed by atoms with Crippen LogP contribution >= 0.6 is 34.7 Å². The molecule has 0 unspecified atom stereocenters. The van der Waals surface area contributed by atoms with Gasteiger partial charge in [-0.05, 0) is 73.2 Å². The van der Waals surface area contributed by atoms with E-state index in [0.717, 1.165) is 39.0 Å². The van der Waals surface area contributed by atoms with Crippen LogP contribution in [0, 0.1) is 13.8 Å². The number of benzene rings is 2. The van der Waals surface area contributed by atoms with Crippen molar-refractivity contribution in [1.82, 2.24) is 4.31 Å². The van der Waals surface area contributed by atoms with Crippen LogP contribution in [0.25, 0.3) is 10.1 Å². The summed E-state index contributed by atoms with van der Waals surface area (Å²) in [6.07, 6.45) is 1.69. The number of thiophene rings is 1. The quantitative estimate of drug-likeness (QED) is 0.274. The average molecular weight is 542 g/mol. The summed E-state index contributed by atoms with van der Waals surface area (Å²) in [6.45, 7) is 6.21. The fourth-order valence-corrected chi connectivity index (χ4v) is 8.12. The Balaban J connectivity index is 1.74. The van der Waals surface area contributed by atoms with Gasteiger partial charge in [-0.15, -0.1) is 23.1 Å². The molecule has 0 aliphatic rings. The predicted octanol–water partition coefficient (Wildman–Crippen LogP) is 6.22. The van der Waals surface area contributed by atoms with Crippen LogP contribution in [0.3, 0.4) is 0 Å². The predicted molar refractivity (Wildman–Crippen MR) is 140 cm³/mol. The van der Waals surface area contributed by atoms with Crippen molar-refractivity contribution < 1.29 is 23.1 Å². The molecule has 1 aromatic heterocycles. The average Bonchev–Trinajstić information content (AvgIpc) is 3.11. The minimum absolute atomic E-state index is 0.377. The van der Waals surface area contributed by atoms with Gasteiger partial charge in [-0.1, -0.05) is 24.9 Å². The number of sulfonamides is 1. The summed E-state index contributed by atoms with van der Waals surface area (Å²) in [4.78, 5) is 11.7. The highest BCUT2D eigenvalue weighted by molar-refractivity contribution is 7.99. The molecule has 3 rings (SSSR count). The lowest BCUT2D eigenvalue weighted by Gasteiger charge is -2.21. The molecule has 0 saturated carbocycles. The molecule has 0 atom stereocenters. The summed E-state index contributed by atoms with van der Waals surface area (Å²) in [6, 6.07) is 11.0. The lowest BCUT2D eigenvalue weighted by Crippen LogP contribution is -2.34. The molecule has 0 aliphatic carbocycles. The van der Waals surface area contributed by atoms with E-state index in [-0.39, 0.29) is 6.61 Å². The van der Waals surface area contributed by atoms with Gasteiger partial charge in [-0.3, -0.25) is 0 Å². The Labute approximate surface area is 213 Å². The molecule has 0 amide bonds. The van der Waals surface area contributed by atoms with E-state index in [2.05, 4.69) is 0 Å². The summed E-state index contributed by atoms with van der Waals surface area (Å²) in [5, 5.41) is 10.2. The first-order valence-corrected chi connectivity index (χ1v) is 14.5. The number of carboxylic acid groups (broad SMARTS) is 1. The van der Waals surface area contributed by atoms with E-state index in [1.54, 1.807) is 28.2 Å². The molecule has 10 heteroatoms. The van der Waals surface area contributed by atoms with Crippen LogP contribution in [-0.4, -0.2) is 49.2 Å². The zero-order chi connectivity index (χ0) is 24.9. The highest BCUT2D eigenvalue weighted by atomic mass is 35.5. The van der Waals surface area contributed by atoms with Crippen molar-refractivity contribution in [2.45, 2.75) is 42.7 Å². The minimum Gasteiger partial charge on any atom is -0.482 e. The number of aryl methyl sites for hydroxylation is 2. The van der Waals surface area contributed by atoms with Crippen LogP contribution in [0.5, 0.6) is 5.75 Å². The number of fused-ring (bicyclic) bond motifs is 1. The van der Waals surface area contributed by atoms with Gasteiger partial charge in [0, 0.05) is 33.5 Å². The van der Waals surface area contributed by atoms with Crippen molar-refractivity contribution in [2.75, 3.05) is 25.4 Å². The zero-order valence-electron chi connectivity index (χ0n) is 19.3. The Morgan fingerprint density at radius 3 is 2.62 bits per heavy atom. The number of hydrogen-bond donors (Lipinski definition) is 1. The molecular weight excluding hydrogens is 514 g/mol. The number of thioether (sulfide) groups is 1. The van der Waals surface area contributed by atoms with Crippen LogP contribution in [-0.2, 0) is 14.8 Å². The topological polar surface area (TPSA) is 83.9 Å². The van der Waals surface area contributed by atoms with Gasteiger partial charge < -0.3 is 9.84 Å². The SMILES string of the molecule is CCCCN(CCSc1ccc(OCC(=O)O)c(C)c1)S(=O)(=O)c1sc2ccc(Cl)cc2c1C. The van der Waals surface area contributed by atoms with Crippen molar-refractivity contribution in [3.63, 3.8) is 0 Å². The molecule has 0 spiro atoms. The first-order valence-electron chi connectivity index (χ1n) is 10.9. The summed E-state index contributed by atoms with van der Waals surface area (Å²) < 4.78 is 35.4. The molecule has 0 radical (unpaired) electrons. The van der Waals surface area contributed by atoms with E-state index in [1.807, 2.05) is 45.0 Å². The molecule has 0 bridgehead atoms. The molecule has 3 aromatic rings. The number of unbranched alkanes of at least 4 members (excludes halogenated alkanes) is 1. The van der Waals surface area contributed by atoms with Gasteiger partial charge in [0.05, 0.1) is 0 Å². The first-order chi connectivity index (χ1) is 16.1. The second-order valence-electron chi connectivity index (χ2n) is 7.87. The number of hydrogen-bond acceptors (Lipinski definition) is 6. The van der Waals surface area contributed by atoms with Gasteiger partial charge in [0.1, 0.15) is 9.96 Å². The molecular formula is C24H28ClNO5S3. The number of rotatable bonds is 12. The van der Waals surface area contributed by atoms with Gasteiger partial charge in [-0.2, -0.15) is 4.31 Å². The number of aliphatic carboxylic acids is 1. The van der Waals surface area contributed by atoms with Crippen molar-refractivity contribution in [3.05, 3.63) is 52.5 Å². The number of nitrogens with zero attached hydrogens (tertiary/aromatic N) is 1. The fraction of sp³-hybridized carbons (Fsp3) is 0.375. The number of carboxylic acids is 1. The molecule has 0 saturated heterocycles. The maximum Gasteiger partial charge on any atom is 0.341 e. The highest BCUT2D eigenvalue weighted by Gasteiger charge is 2.28. The third kappa shape index (κ3) is 6.46. The lowest BCUT2D eigenvalue weighted by atomic mass is 10.2. The van der Waals surface area contributed by atoms with Crippen molar-refractivity contribution >= 4 is 60.8 Å². The largest absolute Gasteiger partial charge is 0.482 e. The number of carbonyl (C=O) groups is 1. The van der Waals surface area contributed by atoms with E-state index in [4.69, 9.17) is 21.4 Å². The van der Waals surface area contributed by atoms with Crippen LogP contribution in [0.15, 0.2) is 45.5 Å². The third-order valence-electron chi connectivity index (χ3n) is 5.30. The van der Waals surface area contributed by atoms with Gasteiger partial charge in [0.15, 0.2) is 6.61 Å². The standard InChI is InChI=1S/C24H28ClNO5S3/c1-4-5-10-26(11-12-32-19-7-8-21(16(2)13-19)31-15-23(27)28)34(29,30)24-17(3)20-14-18(25)6-9-22(20)33-24/h6-9,13-14H,4-5,10-12,15H2,1-3H3,(H,27,28). The number of halogens is 1. The molecule has 184 valence electrons. The zero-order valence-corrected chi connectivity index (χ0v) is 22.5. The molecule has 1 heterocycles. The second kappa shape index (κ2) is 11.8. The van der Waals surface area contributed by atoms with Gasteiger partial charge in [-0.25, -0.2) is 13.2 Å². The summed E-state index contributed by atoms with van der Waals surface area (Å²) >= 11 is 8.98. The van der Waals surface area contributed by atoms with Crippen molar-refractivity contribution in [1.29, 1.82) is 0 Å². The molecule has 1 N–H and O–H groups in total. The monoisotopic (exact) mass is 541 g/mol. The molecule has 0 fully saturated rings. The first kappa shape index (κ1) is 26.8. The number of ether oxygens (including phenoxy) is 1. The van der Waals surface area contributed by atoms with Crippen LogP contribution in [0.1, 0.15) is 30.9 Å². The van der Waals surface area contributed by atoms with E-state index < -0.39 is 16.0 Å². The third-order valence-corrected chi connectivity index (χ3v) is 10.3. The van der Waals surface area contributed by atoms with E-state index in [0.29, 0.717) is 33.8 Å². The van der Waals surface area contributed by atoms with Crippen LogP contribution in [0.4, 0.5) is 0 Å². The van der Waals surface area contributed by atoms with Crippen molar-refractivity contribution in [3.8, 4) is 5.75 Å². The van der Waals surface area contributed by atoms with Gasteiger partial charge in [0.2, 0.25) is 0 Å². The fourth-order valence-electron chi connectivity index (χ4n) is 3.50. The van der Waals surface area contributed by atoms with Gasteiger partial charge >= 0.3 is 5.97 Å². The Morgan fingerprint density at radius 1 is 1.18 bits per heavy atom. The molecule has 6 nitrogen and oxygen atoms in total. The summed E-state index contributed by atoms with van der Waals surface area (Å²) in [5.74, 6) is 0.0930. The van der Waals surface area contributed by atoms with E-state index in [9.17, 15) is 13.2 Å². The van der Waals surface area contributed by atoms with E-state index >= 15 is 0 Å². The highest BCUT2D eigenvalue weighted by Crippen LogP contribution is 2.37. The van der Waals surface area contributed by atoms with E-state index in [1.165, 1.54) is 11.3 Å². The molecule has 2 aromatic carbocycles. The minimum atomic E-state index is -3.64. The Morgan fingerprint density at radius 2 is 1.94 bits per heavy atom. The Bertz CT molecular complexity index is 1270. The molecule has 0 aliphatic heterocycles. The van der Waals surface area contributed by atoms with Crippen LogP contribution in [0.2, 0.25) is 5.02 Å². The van der Waals surface area contributed by atoms with Crippen LogP contribution < -0.4 is 4.74 Å². The normalized spacial score (nSPS) is 11.9. The van der Waals surface area contributed by atoms with Crippen molar-refractivity contribution in [2.24, 2.45) is 0 Å². The lowest BCUT2D eigenvalue weighted by molar-refractivity contribution is -0.139. The summed E-state index contributed by atoms with van der Waals surface area (Å²) in [5.41, 5.74) is 1.57.